The zero-order chi connectivity index (χ0) is 13.2. The fourth-order valence-corrected chi connectivity index (χ4v) is 2.47. The van der Waals surface area contributed by atoms with Gasteiger partial charge >= 0.3 is 6.03 Å². The minimum absolute atomic E-state index is 0.138. The van der Waals surface area contributed by atoms with Crippen molar-refractivity contribution in [3.63, 3.8) is 0 Å². The van der Waals surface area contributed by atoms with Crippen LogP contribution in [0.25, 0.3) is 11.1 Å². The molecule has 0 aliphatic carbocycles. The van der Waals surface area contributed by atoms with Crippen molar-refractivity contribution in [2.24, 2.45) is 4.99 Å². The van der Waals surface area contributed by atoms with Crippen LogP contribution in [-0.2, 0) is 4.79 Å². The van der Waals surface area contributed by atoms with E-state index < -0.39 is 6.03 Å². The van der Waals surface area contributed by atoms with Crippen LogP contribution in [0.15, 0.2) is 38.9 Å². The molecule has 0 saturated carbocycles. The molecular weight excluding hydrogens is 266 g/mol. The second-order valence-electron chi connectivity index (χ2n) is 3.94. The number of para-hydroxylation sites is 2. The lowest BCUT2D eigenvalue weighted by molar-refractivity contribution is -0.118. The summed E-state index contributed by atoms with van der Waals surface area (Å²) in [6.07, 6.45) is 0.138. The van der Waals surface area contributed by atoms with Crippen LogP contribution < -0.4 is 5.32 Å². The van der Waals surface area contributed by atoms with Crippen molar-refractivity contribution in [2.45, 2.75) is 11.6 Å². The Bertz CT molecular complexity index is 659. The van der Waals surface area contributed by atoms with E-state index >= 15 is 0 Å². The molecule has 0 saturated heterocycles. The largest absolute Gasteiger partial charge is 0.431 e. The molecule has 0 atom stereocenters. The van der Waals surface area contributed by atoms with Gasteiger partial charge in [-0.25, -0.2) is 14.8 Å². The summed E-state index contributed by atoms with van der Waals surface area (Å²) >= 11 is 1.32. The van der Waals surface area contributed by atoms with Gasteiger partial charge in [0.2, 0.25) is 5.91 Å². The van der Waals surface area contributed by atoms with Gasteiger partial charge in [0, 0.05) is 11.5 Å². The summed E-state index contributed by atoms with van der Waals surface area (Å²) in [5, 5.41) is 2.62. The molecular formula is C12H9N3O3S. The molecule has 96 valence electrons. The molecule has 2 aromatic rings. The fourth-order valence-electron chi connectivity index (χ4n) is 1.70. The van der Waals surface area contributed by atoms with Crippen LogP contribution in [-0.4, -0.2) is 28.4 Å². The summed E-state index contributed by atoms with van der Waals surface area (Å²) in [5.74, 6) is 0.0829. The SMILES string of the molecule is O=C1CC(CSc2nc3ccccc3o2)=NC(=O)N1. The van der Waals surface area contributed by atoms with Gasteiger partial charge in [0.25, 0.3) is 5.22 Å². The van der Waals surface area contributed by atoms with Gasteiger partial charge in [-0.1, -0.05) is 23.9 Å². The molecule has 0 fully saturated rings. The highest BCUT2D eigenvalue weighted by Crippen LogP contribution is 2.23. The standard InChI is InChI=1S/C12H9N3O3S/c16-10-5-7(13-11(17)15-10)6-19-12-14-8-3-1-2-4-9(8)18-12/h1-4H,5-6H2,(H,15,16,17). The summed E-state index contributed by atoms with van der Waals surface area (Å²) in [4.78, 5) is 30.3. The summed E-state index contributed by atoms with van der Waals surface area (Å²) < 4.78 is 5.52. The van der Waals surface area contributed by atoms with E-state index in [1.807, 2.05) is 24.3 Å². The highest BCUT2D eigenvalue weighted by Gasteiger charge is 2.18. The van der Waals surface area contributed by atoms with Crippen molar-refractivity contribution < 1.29 is 14.0 Å². The number of nitrogens with one attached hydrogen (secondary N) is 1. The predicted molar refractivity (Wildman–Crippen MR) is 70.3 cm³/mol. The molecule has 1 N–H and O–H groups in total. The number of aliphatic imine (C=N–C) groups is 1. The molecule has 1 aromatic heterocycles. The van der Waals surface area contributed by atoms with Gasteiger partial charge in [-0.3, -0.25) is 10.1 Å². The van der Waals surface area contributed by atoms with Crippen LogP contribution >= 0.6 is 11.8 Å². The number of aromatic nitrogens is 1. The van der Waals surface area contributed by atoms with E-state index in [0.717, 1.165) is 5.52 Å². The lowest BCUT2D eigenvalue weighted by Crippen LogP contribution is -2.35. The normalized spacial score (nSPS) is 15.5. The summed E-state index contributed by atoms with van der Waals surface area (Å²) in [6.45, 7) is 0. The molecule has 7 heteroatoms. The van der Waals surface area contributed by atoms with Crippen LogP contribution in [0.2, 0.25) is 0 Å². The van der Waals surface area contributed by atoms with Gasteiger partial charge in [-0.2, -0.15) is 0 Å². The van der Waals surface area contributed by atoms with E-state index in [-0.39, 0.29) is 12.3 Å². The maximum Gasteiger partial charge on any atom is 0.347 e. The van der Waals surface area contributed by atoms with Crippen LogP contribution in [0.3, 0.4) is 0 Å². The maximum atomic E-state index is 11.2. The Hall–Kier alpha value is -2.15. The number of thioether (sulfide) groups is 1. The molecule has 0 radical (unpaired) electrons. The Morgan fingerprint density at radius 3 is 2.95 bits per heavy atom. The first-order valence-electron chi connectivity index (χ1n) is 5.59. The molecule has 0 bridgehead atoms. The van der Waals surface area contributed by atoms with Crippen LogP contribution in [0.4, 0.5) is 4.79 Å². The third-order valence-corrected chi connectivity index (χ3v) is 3.41. The van der Waals surface area contributed by atoms with E-state index in [1.54, 1.807) is 0 Å². The number of nitrogens with zero attached hydrogens (tertiary/aromatic N) is 2. The number of carbonyl (C=O) groups is 2. The summed E-state index contributed by atoms with van der Waals surface area (Å²) in [5.41, 5.74) is 2.02. The quantitative estimate of drug-likeness (QED) is 0.866. The lowest BCUT2D eigenvalue weighted by Gasteiger charge is -2.09. The van der Waals surface area contributed by atoms with Crippen LogP contribution in [0, 0.1) is 0 Å². The Balaban J connectivity index is 1.72. The van der Waals surface area contributed by atoms with Crippen molar-refractivity contribution in [1.29, 1.82) is 0 Å². The second-order valence-corrected chi connectivity index (χ2v) is 4.87. The van der Waals surface area contributed by atoms with Crippen LogP contribution in [0.1, 0.15) is 6.42 Å². The molecule has 1 aliphatic rings. The van der Waals surface area contributed by atoms with E-state index in [4.69, 9.17) is 4.42 Å². The van der Waals surface area contributed by atoms with E-state index in [2.05, 4.69) is 15.3 Å². The number of hydrogen-bond acceptors (Lipinski definition) is 5. The third kappa shape index (κ3) is 2.65. The Labute approximate surface area is 112 Å². The first kappa shape index (κ1) is 11.9. The minimum Gasteiger partial charge on any atom is -0.431 e. The number of fused-ring (bicyclic) bond motifs is 1. The smallest absolute Gasteiger partial charge is 0.347 e. The summed E-state index contributed by atoms with van der Waals surface area (Å²) in [7, 11) is 0. The van der Waals surface area contributed by atoms with E-state index in [0.29, 0.717) is 22.3 Å². The highest BCUT2D eigenvalue weighted by atomic mass is 32.2. The van der Waals surface area contributed by atoms with Gasteiger partial charge in [-0.15, -0.1) is 0 Å². The predicted octanol–water partition coefficient (Wildman–Crippen LogP) is 2.00. The van der Waals surface area contributed by atoms with Crippen molar-refractivity contribution in [3.8, 4) is 0 Å². The molecule has 6 nitrogen and oxygen atoms in total. The number of oxazole rings is 1. The first-order valence-corrected chi connectivity index (χ1v) is 6.58. The molecule has 3 amide bonds. The van der Waals surface area contributed by atoms with Gasteiger partial charge in [0.05, 0.1) is 6.42 Å². The lowest BCUT2D eigenvalue weighted by atomic mass is 10.2. The number of benzene rings is 1. The molecule has 3 rings (SSSR count). The monoisotopic (exact) mass is 275 g/mol. The number of hydrogen-bond donors (Lipinski definition) is 1. The highest BCUT2D eigenvalue weighted by molar-refractivity contribution is 7.99. The van der Waals surface area contributed by atoms with Gasteiger partial charge in [0.1, 0.15) is 5.52 Å². The van der Waals surface area contributed by atoms with Gasteiger partial charge in [-0.05, 0) is 12.1 Å². The molecule has 2 heterocycles. The van der Waals surface area contributed by atoms with Gasteiger partial charge < -0.3 is 4.42 Å². The van der Waals surface area contributed by atoms with Crippen molar-refractivity contribution in [1.82, 2.24) is 10.3 Å². The zero-order valence-corrected chi connectivity index (χ0v) is 10.6. The number of rotatable bonds is 3. The van der Waals surface area contributed by atoms with Gasteiger partial charge in [0.15, 0.2) is 5.58 Å². The number of amides is 3. The zero-order valence-electron chi connectivity index (χ0n) is 9.75. The van der Waals surface area contributed by atoms with Crippen LogP contribution in [0.5, 0.6) is 0 Å². The third-order valence-electron chi connectivity index (χ3n) is 2.51. The molecule has 0 spiro atoms. The fraction of sp³-hybridized carbons (Fsp3) is 0.167. The van der Waals surface area contributed by atoms with Crippen molar-refractivity contribution in [3.05, 3.63) is 24.3 Å². The maximum absolute atomic E-state index is 11.2. The Morgan fingerprint density at radius 2 is 2.16 bits per heavy atom. The molecule has 19 heavy (non-hydrogen) atoms. The number of carbonyl (C=O) groups excluding carboxylic acids is 2. The second kappa shape index (κ2) is 4.85. The van der Waals surface area contributed by atoms with Crippen molar-refractivity contribution >= 4 is 40.5 Å². The van der Waals surface area contributed by atoms with E-state index in [9.17, 15) is 9.59 Å². The molecule has 1 aliphatic heterocycles. The molecule has 1 aromatic carbocycles. The summed E-state index contributed by atoms with van der Waals surface area (Å²) in [6, 6.07) is 6.84. The first-order chi connectivity index (χ1) is 9.20. The number of imide groups is 1. The number of urea groups is 1. The van der Waals surface area contributed by atoms with Crippen molar-refractivity contribution in [2.75, 3.05) is 5.75 Å². The Morgan fingerprint density at radius 1 is 1.32 bits per heavy atom. The topological polar surface area (TPSA) is 84.6 Å². The average molecular weight is 275 g/mol. The van der Waals surface area contributed by atoms with E-state index in [1.165, 1.54) is 11.8 Å². The molecule has 0 unspecified atom stereocenters. The average Bonchev–Trinajstić information content (AvgIpc) is 2.78. The minimum atomic E-state index is -0.607. The Kier molecular flexibility index (Phi) is 3.04.